The van der Waals surface area contributed by atoms with Crippen LogP contribution in [-0.2, 0) is 10.2 Å². The SMILES string of the molecule is CCC(C)(C)c1ccc(OC(=O)C2CC2[N+](=O)[O-])cc1. The summed E-state index contributed by atoms with van der Waals surface area (Å²) < 4.78 is 5.18. The summed E-state index contributed by atoms with van der Waals surface area (Å²) in [4.78, 5) is 21.8. The van der Waals surface area contributed by atoms with E-state index in [0.717, 1.165) is 6.42 Å². The molecule has 5 heteroatoms. The molecular formula is C15H19NO4. The van der Waals surface area contributed by atoms with Crippen LogP contribution < -0.4 is 4.74 Å². The summed E-state index contributed by atoms with van der Waals surface area (Å²) in [7, 11) is 0. The number of nitrogens with zero attached hydrogens (tertiary/aromatic N) is 1. The number of benzene rings is 1. The van der Waals surface area contributed by atoms with Crippen LogP contribution in [0, 0.1) is 16.0 Å². The fraction of sp³-hybridized carbons (Fsp3) is 0.533. The van der Waals surface area contributed by atoms with Crippen molar-refractivity contribution in [2.45, 2.75) is 45.1 Å². The minimum absolute atomic E-state index is 0.0791. The van der Waals surface area contributed by atoms with Gasteiger partial charge in [-0.1, -0.05) is 32.9 Å². The second kappa shape index (κ2) is 5.23. The standard InChI is InChI=1S/C15H19NO4/c1-4-15(2,3)10-5-7-11(8-6-10)20-14(17)12-9-13(12)16(18)19/h5-8,12-13H,4,9H2,1-3H3. The van der Waals surface area contributed by atoms with E-state index in [-0.39, 0.29) is 11.8 Å². The van der Waals surface area contributed by atoms with Crippen molar-refractivity contribution in [1.82, 2.24) is 0 Å². The Labute approximate surface area is 118 Å². The van der Waals surface area contributed by atoms with E-state index in [0.29, 0.717) is 5.75 Å². The summed E-state index contributed by atoms with van der Waals surface area (Å²) >= 11 is 0. The molecule has 108 valence electrons. The van der Waals surface area contributed by atoms with Crippen LogP contribution in [0.1, 0.15) is 39.2 Å². The predicted octanol–water partition coefficient (Wildman–Crippen LogP) is 2.94. The predicted molar refractivity (Wildman–Crippen MR) is 74.3 cm³/mol. The summed E-state index contributed by atoms with van der Waals surface area (Å²) in [6.07, 6.45) is 1.30. The van der Waals surface area contributed by atoms with Crippen LogP contribution in [0.15, 0.2) is 24.3 Å². The number of ether oxygens (including phenoxy) is 1. The van der Waals surface area contributed by atoms with Gasteiger partial charge in [0, 0.05) is 11.3 Å². The van der Waals surface area contributed by atoms with Crippen molar-refractivity contribution in [3.05, 3.63) is 39.9 Å². The Morgan fingerprint density at radius 3 is 2.45 bits per heavy atom. The molecule has 0 N–H and O–H groups in total. The summed E-state index contributed by atoms with van der Waals surface area (Å²) in [6.45, 7) is 6.43. The van der Waals surface area contributed by atoms with Crippen LogP contribution >= 0.6 is 0 Å². The summed E-state index contributed by atoms with van der Waals surface area (Å²) in [6, 6.07) is 6.59. The number of hydrogen-bond donors (Lipinski definition) is 0. The van der Waals surface area contributed by atoms with E-state index >= 15 is 0 Å². The first-order valence-electron chi connectivity index (χ1n) is 6.81. The molecule has 0 spiro atoms. The molecule has 0 heterocycles. The van der Waals surface area contributed by atoms with Gasteiger partial charge in [-0.05, 0) is 29.5 Å². The van der Waals surface area contributed by atoms with E-state index in [1.165, 1.54) is 5.56 Å². The lowest BCUT2D eigenvalue weighted by molar-refractivity contribution is -0.497. The van der Waals surface area contributed by atoms with Gasteiger partial charge in [-0.25, -0.2) is 0 Å². The van der Waals surface area contributed by atoms with Crippen molar-refractivity contribution in [3.8, 4) is 5.75 Å². The maximum atomic E-state index is 11.7. The second-order valence-electron chi connectivity index (χ2n) is 5.88. The van der Waals surface area contributed by atoms with Gasteiger partial charge < -0.3 is 4.74 Å². The zero-order chi connectivity index (χ0) is 14.9. The van der Waals surface area contributed by atoms with E-state index in [1.54, 1.807) is 12.1 Å². The zero-order valence-corrected chi connectivity index (χ0v) is 12.0. The zero-order valence-electron chi connectivity index (χ0n) is 12.0. The molecule has 0 radical (unpaired) electrons. The highest BCUT2D eigenvalue weighted by Gasteiger charge is 2.54. The average Bonchev–Trinajstić information content (AvgIpc) is 3.20. The quantitative estimate of drug-likeness (QED) is 0.359. The molecule has 20 heavy (non-hydrogen) atoms. The Bertz CT molecular complexity index is 521. The molecule has 1 aliphatic rings. The molecule has 0 aliphatic heterocycles. The Kier molecular flexibility index (Phi) is 3.79. The Morgan fingerprint density at radius 1 is 1.40 bits per heavy atom. The van der Waals surface area contributed by atoms with Crippen molar-refractivity contribution in [2.75, 3.05) is 0 Å². The molecule has 2 atom stereocenters. The first kappa shape index (κ1) is 14.5. The maximum Gasteiger partial charge on any atom is 0.321 e. The van der Waals surface area contributed by atoms with Gasteiger partial charge in [0.05, 0.1) is 0 Å². The molecule has 1 saturated carbocycles. The minimum Gasteiger partial charge on any atom is -0.426 e. The minimum atomic E-state index is -0.763. The molecule has 2 rings (SSSR count). The maximum absolute atomic E-state index is 11.7. The molecular weight excluding hydrogens is 258 g/mol. The number of carbonyl (C=O) groups excluding carboxylic acids is 1. The first-order chi connectivity index (χ1) is 9.35. The Balaban J connectivity index is 1.98. The Morgan fingerprint density at radius 2 is 2.00 bits per heavy atom. The van der Waals surface area contributed by atoms with Crippen molar-refractivity contribution < 1.29 is 14.5 Å². The number of rotatable bonds is 5. The third-order valence-electron chi connectivity index (χ3n) is 4.07. The van der Waals surface area contributed by atoms with Crippen LogP contribution in [0.4, 0.5) is 0 Å². The molecule has 0 bridgehead atoms. The summed E-state index contributed by atoms with van der Waals surface area (Å²) in [5.74, 6) is -0.648. The van der Waals surface area contributed by atoms with Crippen molar-refractivity contribution in [2.24, 2.45) is 5.92 Å². The van der Waals surface area contributed by atoms with Crippen molar-refractivity contribution in [1.29, 1.82) is 0 Å². The van der Waals surface area contributed by atoms with Crippen LogP contribution in [0.25, 0.3) is 0 Å². The van der Waals surface area contributed by atoms with E-state index in [1.807, 2.05) is 12.1 Å². The highest BCUT2D eigenvalue weighted by molar-refractivity contribution is 5.78. The number of nitro groups is 1. The van der Waals surface area contributed by atoms with Gasteiger partial charge in [-0.15, -0.1) is 0 Å². The Hall–Kier alpha value is -1.91. The second-order valence-corrected chi connectivity index (χ2v) is 5.88. The smallest absolute Gasteiger partial charge is 0.321 e. The molecule has 0 amide bonds. The normalized spacial score (nSPS) is 21.4. The van der Waals surface area contributed by atoms with Gasteiger partial charge >= 0.3 is 5.97 Å². The van der Waals surface area contributed by atoms with Gasteiger partial charge in [0.15, 0.2) is 0 Å². The average molecular weight is 277 g/mol. The molecule has 1 fully saturated rings. The largest absolute Gasteiger partial charge is 0.426 e. The monoisotopic (exact) mass is 277 g/mol. The van der Waals surface area contributed by atoms with Gasteiger partial charge in [0.2, 0.25) is 6.04 Å². The molecule has 2 unspecified atom stereocenters. The van der Waals surface area contributed by atoms with E-state index in [9.17, 15) is 14.9 Å². The van der Waals surface area contributed by atoms with Crippen LogP contribution in [-0.4, -0.2) is 16.9 Å². The fourth-order valence-corrected chi connectivity index (χ4v) is 2.04. The number of carbonyl (C=O) groups is 1. The van der Waals surface area contributed by atoms with E-state index in [2.05, 4.69) is 20.8 Å². The molecule has 1 aromatic carbocycles. The molecule has 1 aliphatic carbocycles. The van der Waals surface area contributed by atoms with Gasteiger partial charge in [-0.2, -0.15) is 0 Å². The highest BCUT2D eigenvalue weighted by Crippen LogP contribution is 2.35. The summed E-state index contributed by atoms with van der Waals surface area (Å²) in [5.41, 5.74) is 1.25. The lowest BCUT2D eigenvalue weighted by atomic mass is 9.82. The van der Waals surface area contributed by atoms with E-state index < -0.39 is 22.9 Å². The molecule has 0 aromatic heterocycles. The first-order valence-corrected chi connectivity index (χ1v) is 6.81. The fourth-order valence-electron chi connectivity index (χ4n) is 2.04. The lowest BCUT2D eigenvalue weighted by Crippen LogP contribution is -2.17. The highest BCUT2D eigenvalue weighted by atomic mass is 16.6. The number of esters is 1. The lowest BCUT2D eigenvalue weighted by Gasteiger charge is -2.23. The van der Waals surface area contributed by atoms with Gasteiger partial charge in [0.25, 0.3) is 0 Å². The van der Waals surface area contributed by atoms with Crippen LogP contribution in [0.5, 0.6) is 5.75 Å². The third kappa shape index (κ3) is 2.98. The van der Waals surface area contributed by atoms with Crippen LogP contribution in [0.3, 0.4) is 0 Å². The topological polar surface area (TPSA) is 69.4 Å². The summed E-state index contributed by atoms with van der Waals surface area (Å²) in [5, 5.41) is 10.5. The van der Waals surface area contributed by atoms with Crippen LogP contribution in [0.2, 0.25) is 0 Å². The molecule has 0 saturated heterocycles. The van der Waals surface area contributed by atoms with E-state index in [4.69, 9.17) is 4.74 Å². The van der Waals surface area contributed by atoms with Crippen molar-refractivity contribution in [3.63, 3.8) is 0 Å². The van der Waals surface area contributed by atoms with Gasteiger partial charge in [-0.3, -0.25) is 14.9 Å². The molecule has 5 nitrogen and oxygen atoms in total. The number of hydrogen-bond acceptors (Lipinski definition) is 4. The third-order valence-corrected chi connectivity index (χ3v) is 4.07. The molecule has 1 aromatic rings. The van der Waals surface area contributed by atoms with Gasteiger partial charge in [0.1, 0.15) is 11.7 Å². The van der Waals surface area contributed by atoms with Crippen molar-refractivity contribution >= 4 is 5.97 Å².